The summed E-state index contributed by atoms with van der Waals surface area (Å²) < 4.78 is 29.5. The van der Waals surface area contributed by atoms with E-state index in [1.54, 1.807) is 13.8 Å². The van der Waals surface area contributed by atoms with Gasteiger partial charge in [-0.1, -0.05) is 23.2 Å². The second kappa shape index (κ2) is 9.66. The Morgan fingerprint density at radius 3 is 2.64 bits per heavy atom. The van der Waals surface area contributed by atoms with Gasteiger partial charge in [-0.3, -0.25) is 4.79 Å². The van der Waals surface area contributed by atoms with Crippen molar-refractivity contribution in [2.24, 2.45) is 0 Å². The van der Waals surface area contributed by atoms with Gasteiger partial charge in [0.15, 0.2) is 0 Å². The predicted molar refractivity (Wildman–Crippen MR) is 99.5 cm³/mol. The van der Waals surface area contributed by atoms with Crippen molar-refractivity contribution >= 4 is 35.1 Å². The van der Waals surface area contributed by atoms with Crippen LogP contribution in [0, 0.1) is 5.82 Å². The molecule has 150 valence electrons. The second-order valence-corrected chi connectivity index (χ2v) is 6.28. The lowest BCUT2D eigenvalue weighted by Gasteiger charge is -2.16. The number of rotatable bonds is 7. The van der Waals surface area contributed by atoms with Gasteiger partial charge < -0.3 is 14.2 Å². The van der Waals surface area contributed by atoms with Gasteiger partial charge in [-0.2, -0.15) is 0 Å². The van der Waals surface area contributed by atoms with E-state index < -0.39 is 29.4 Å². The number of hydrogen-bond donors (Lipinski definition) is 0. The third kappa shape index (κ3) is 5.30. The summed E-state index contributed by atoms with van der Waals surface area (Å²) in [6.45, 7) is 4.59. The van der Waals surface area contributed by atoms with Gasteiger partial charge in [0.2, 0.25) is 0 Å². The zero-order valence-electron chi connectivity index (χ0n) is 15.2. The molecule has 2 unspecified atom stereocenters. The minimum Gasteiger partial charge on any atom is -0.463 e. The average Bonchev–Trinajstić information content (AvgIpc) is 2.63. The van der Waals surface area contributed by atoms with Gasteiger partial charge in [0.05, 0.1) is 17.3 Å². The zero-order chi connectivity index (χ0) is 20.8. The van der Waals surface area contributed by atoms with Crippen LogP contribution in [0.1, 0.15) is 32.6 Å². The van der Waals surface area contributed by atoms with Crippen LogP contribution >= 0.6 is 23.2 Å². The first-order chi connectivity index (χ1) is 13.2. The molecule has 0 fully saturated rings. The number of esters is 2. The van der Waals surface area contributed by atoms with Crippen molar-refractivity contribution < 1.29 is 28.2 Å². The lowest BCUT2D eigenvalue weighted by molar-refractivity contribution is -0.147. The molecule has 2 rings (SSSR count). The van der Waals surface area contributed by atoms with Crippen LogP contribution in [0.2, 0.25) is 5.02 Å². The SMILES string of the molecule is CCOC(=O)C(Cl)Oc1ccc(F)c(-c2ncnc(C(C)OC(C)=O)c2Cl)c1. The summed E-state index contributed by atoms with van der Waals surface area (Å²) in [4.78, 5) is 30.8. The molecule has 0 saturated carbocycles. The Balaban J connectivity index is 2.37. The molecular formula is C18H17Cl2FN2O5. The van der Waals surface area contributed by atoms with E-state index in [1.807, 2.05) is 0 Å². The van der Waals surface area contributed by atoms with Gasteiger partial charge in [-0.15, -0.1) is 0 Å². The molecule has 2 atom stereocenters. The maximum atomic E-state index is 14.4. The third-order valence-electron chi connectivity index (χ3n) is 3.45. The fraction of sp³-hybridized carbons (Fsp3) is 0.333. The lowest BCUT2D eigenvalue weighted by Crippen LogP contribution is -2.23. The minimum atomic E-state index is -1.40. The highest BCUT2D eigenvalue weighted by atomic mass is 35.5. The highest BCUT2D eigenvalue weighted by molar-refractivity contribution is 6.33. The molecule has 0 radical (unpaired) electrons. The minimum absolute atomic E-state index is 0.00565. The van der Waals surface area contributed by atoms with Crippen LogP contribution in [-0.4, -0.2) is 34.1 Å². The van der Waals surface area contributed by atoms with E-state index in [-0.39, 0.29) is 34.3 Å². The monoisotopic (exact) mass is 430 g/mol. The van der Waals surface area contributed by atoms with Crippen LogP contribution in [0.15, 0.2) is 24.5 Å². The van der Waals surface area contributed by atoms with Crippen LogP contribution in [-0.2, 0) is 19.1 Å². The van der Waals surface area contributed by atoms with Crippen molar-refractivity contribution in [2.75, 3.05) is 6.61 Å². The smallest absolute Gasteiger partial charge is 0.363 e. The molecule has 0 aliphatic heterocycles. The topological polar surface area (TPSA) is 87.6 Å². The number of halogens is 3. The highest BCUT2D eigenvalue weighted by Gasteiger charge is 2.22. The average molecular weight is 431 g/mol. The molecule has 1 heterocycles. The molecule has 0 bridgehead atoms. The van der Waals surface area contributed by atoms with Crippen LogP contribution in [0.25, 0.3) is 11.3 Å². The molecule has 0 aliphatic carbocycles. The number of carbonyl (C=O) groups excluding carboxylic acids is 2. The van der Waals surface area contributed by atoms with Crippen LogP contribution in [0.4, 0.5) is 4.39 Å². The maximum Gasteiger partial charge on any atom is 0.363 e. The van der Waals surface area contributed by atoms with Gasteiger partial charge in [0.1, 0.15) is 29.7 Å². The number of aromatic nitrogens is 2. The largest absolute Gasteiger partial charge is 0.463 e. The number of hydrogen-bond acceptors (Lipinski definition) is 7. The van der Waals surface area contributed by atoms with Crippen LogP contribution in [0.3, 0.4) is 0 Å². The quantitative estimate of drug-likeness (QED) is 0.483. The van der Waals surface area contributed by atoms with E-state index in [0.29, 0.717) is 0 Å². The van der Waals surface area contributed by atoms with Crippen LogP contribution in [0.5, 0.6) is 5.75 Å². The van der Waals surface area contributed by atoms with Crippen molar-refractivity contribution in [1.29, 1.82) is 0 Å². The maximum absolute atomic E-state index is 14.4. The molecule has 0 aliphatic rings. The Bertz CT molecular complexity index is 881. The number of benzene rings is 1. The summed E-state index contributed by atoms with van der Waals surface area (Å²) in [5.74, 6) is -1.82. The van der Waals surface area contributed by atoms with Crippen molar-refractivity contribution in [2.45, 2.75) is 32.4 Å². The Morgan fingerprint density at radius 1 is 1.29 bits per heavy atom. The number of nitrogens with zero attached hydrogens (tertiary/aromatic N) is 2. The standard InChI is InChI=1S/C18H17Cl2FN2O5/c1-4-26-18(25)17(20)28-11-5-6-13(21)12(7-11)16-14(19)15(22-8-23-16)9(2)27-10(3)24/h5-9,17H,4H2,1-3H3. The van der Waals surface area contributed by atoms with Gasteiger partial charge in [0, 0.05) is 12.5 Å². The van der Waals surface area contributed by atoms with Gasteiger partial charge in [-0.05, 0) is 32.0 Å². The molecule has 1 aromatic carbocycles. The van der Waals surface area contributed by atoms with E-state index in [4.69, 9.17) is 37.4 Å². The van der Waals surface area contributed by atoms with Gasteiger partial charge in [0.25, 0.3) is 5.56 Å². The Morgan fingerprint density at radius 2 is 2.00 bits per heavy atom. The van der Waals surface area contributed by atoms with E-state index in [0.717, 1.165) is 6.07 Å². The normalized spacial score (nSPS) is 12.8. The molecule has 28 heavy (non-hydrogen) atoms. The zero-order valence-corrected chi connectivity index (χ0v) is 16.8. The summed E-state index contributed by atoms with van der Waals surface area (Å²) in [6, 6.07) is 3.70. The highest BCUT2D eigenvalue weighted by Crippen LogP contribution is 2.35. The molecule has 0 N–H and O–H groups in total. The number of ether oxygens (including phenoxy) is 3. The first-order valence-corrected chi connectivity index (χ1v) is 9.00. The van der Waals surface area contributed by atoms with E-state index in [9.17, 15) is 14.0 Å². The second-order valence-electron chi connectivity index (χ2n) is 5.50. The van der Waals surface area contributed by atoms with E-state index in [2.05, 4.69) is 9.97 Å². The van der Waals surface area contributed by atoms with Gasteiger partial charge in [-0.25, -0.2) is 19.2 Å². The fourth-order valence-electron chi connectivity index (χ4n) is 2.29. The number of carbonyl (C=O) groups is 2. The number of alkyl halides is 1. The molecule has 0 spiro atoms. The molecule has 10 heteroatoms. The summed E-state index contributed by atoms with van der Waals surface area (Å²) in [7, 11) is 0. The van der Waals surface area contributed by atoms with Crippen LogP contribution < -0.4 is 4.74 Å². The fourth-order valence-corrected chi connectivity index (χ4v) is 2.81. The Labute approximate surface area is 170 Å². The summed E-state index contributed by atoms with van der Waals surface area (Å²) in [5, 5.41) is 0.0140. The molecule has 0 saturated heterocycles. The molecule has 7 nitrogen and oxygen atoms in total. The Kier molecular flexibility index (Phi) is 7.53. The van der Waals surface area contributed by atoms with Crippen molar-refractivity contribution in [3.63, 3.8) is 0 Å². The Hall–Kier alpha value is -2.45. The van der Waals surface area contributed by atoms with Crippen molar-refractivity contribution in [3.05, 3.63) is 41.1 Å². The molecule has 0 amide bonds. The van der Waals surface area contributed by atoms with E-state index >= 15 is 0 Å². The third-order valence-corrected chi connectivity index (χ3v) is 4.09. The molecular weight excluding hydrogens is 414 g/mol. The van der Waals surface area contributed by atoms with Crippen molar-refractivity contribution in [3.8, 4) is 17.0 Å². The summed E-state index contributed by atoms with van der Waals surface area (Å²) >= 11 is 12.2. The summed E-state index contributed by atoms with van der Waals surface area (Å²) in [5.41, 5.74) is -1.13. The molecule has 1 aromatic heterocycles. The first kappa shape index (κ1) is 21.8. The summed E-state index contributed by atoms with van der Waals surface area (Å²) in [6.07, 6.45) is 0.414. The van der Waals surface area contributed by atoms with Crippen molar-refractivity contribution in [1.82, 2.24) is 9.97 Å². The van der Waals surface area contributed by atoms with Gasteiger partial charge >= 0.3 is 11.9 Å². The van der Waals surface area contributed by atoms with E-state index in [1.165, 1.54) is 25.4 Å². The predicted octanol–water partition coefficient (Wildman–Crippen LogP) is 4.07. The molecule has 2 aromatic rings. The first-order valence-electron chi connectivity index (χ1n) is 8.19. The lowest BCUT2D eigenvalue weighted by atomic mass is 10.1.